The maximum Gasteiger partial charge on any atom is 0.252 e. The molecule has 390 valence electrons. The zero-order valence-corrected chi connectivity index (χ0v) is 45.0. The highest BCUT2D eigenvalue weighted by molar-refractivity contribution is 5.97. The SMILES string of the molecule is COc1cc(-c2cn(C)nc2C)cc([C@@H](C)NC(=O)c2cc(N3CC4CN(C)CC4C3)ccc2C)c1.COc1cc(-c2cn(C)nc2C)cc([C@@H](C)NC(=O)c2cc(N3CCN(CC4CC4)CC3)ccc2C)c1.[HH].[HH]. The maximum absolute atomic E-state index is 13.4. The highest BCUT2D eigenvalue weighted by Gasteiger charge is 2.39. The van der Waals surface area contributed by atoms with Crippen molar-refractivity contribution in [2.75, 3.05) is 90.0 Å². The summed E-state index contributed by atoms with van der Waals surface area (Å²) < 4.78 is 14.8. The second-order valence-corrected chi connectivity index (χ2v) is 21.4. The van der Waals surface area contributed by atoms with E-state index in [-0.39, 0.29) is 26.8 Å². The van der Waals surface area contributed by atoms with Crippen molar-refractivity contribution in [3.63, 3.8) is 0 Å². The third kappa shape index (κ3) is 11.9. The third-order valence-corrected chi connectivity index (χ3v) is 15.6. The van der Waals surface area contributed by atoms with Crippen LogP contribution < -0.4 is 29.9 Å². The molecule has 3 aliphatic heterocycles. The normalized spacial score (nSPS) is 18.7. The number of rotatable bonds is 14. The van der Waals surface area contributed by atoms with Crippen LogP contribution >= 0.6 is 0 Å². The van der Waals surface area contributed by atoms with Gasteiger partial charge in [0.1, 0.15) is 11.5 Å². The van der Waals surface area contributed by atoms with Crippen molar-refractivity contribution in [1.82, 2.24) is 40.0 Å². The predicted octanol–water partition coefficient (Wildman–Crippen LogP) is 9.43. The molecule has 4 atom stereocenters. The van der Waals surface area contributed by atoms with Gasteiger partial charge in [-0.05, 0) is 173 Å². The molecule has 2 amide bonds. The van der Waals surface area contributed by atoms with Gasteiger partial charge in [-0.3, -0.25) is 23.9 Å². The van der Waals surface area contributed by atoms with Crippen LogP contribution in [-0.4, -0.2) is 121 Å². The summed E-state index contributed by atoms with van der Waals surface area (Å²) in [7, 11) is 9.39. The molecular formula is C59H80N10O4. The number of hydrogen-bond acceptors (Lipinski definition) is 10. The van der Waals surface area contributed by atoms with Crippen LogP contribution in [0.1, 0.15) is 96.0 Å². The van der Waals surface area contributed by atoms with E-state index in [0.29, 0.717) is 0 Å². The van der Waals surface area contributed by atoms with E-state index in [1.165, 1.54) is 32.5 Å². The number of likely N-dealkylation sites (tertiary alicyclic amines) is 1. The average Bonchev–Trinajstić information content (AvgIpc) is 3.63. The Bertz CT molecular complexity index is 2950. The molecule has 10 rings (SSSR count). The molecule has 5 heterocycles. The summed E-state index contributed by atoms with van der Waals surface area (Å²) in [6.07, 6.45) is 6.82. The van der Waals surface area contributed by atoms with Gasteiger partial charge >= 0.3 is 0 Å². The molecule has 4 fully saturated rings. The van der Waals surface area contributed by atoms with Crippen LogP contribution in [-0.2, 0) is 14.1 Å². The summed E-state index contributed by atoms with van der Waals surface area (Å²) in [5.74, 6) is 3.78. The molecule has 1 aliphatic carbocycles. The fourth-order valence-electron chi connectivity index (χ4n) is 11.2. The van der Waals surface area contributed by atoms with E-state index in [4.69, 9.17) is 9.47 Å². The molecule has 1 saturated carbocycles. The molecule has 6 aromatic rings. The van der Waals surface area contributed by atoms with E-state index >= 15 is 0 Å². The lowest BCUT2D eigenvalue weighted by molar-refractivity contribution is 0.0930. The number of benzene rings is 4. The molecule has 0 spiro atoms. The summed E-state index contributed by atoms with van der Waals surface area (Å²) in [5, 5.41) is 15.4. The Balaban J connectivity index is 0.000000213. The number of hydrogen-bond donors (Lipinski definition) is 2. The Morgan fingerprint density at radius 2 is 1.07 bits per heavy atom. The van der Waals surface area contributed by atoms with E-state index in [2.05, 4.69) is 96.0 Å². The number of nitrogens with one attached hydrogen (secondary N) is 2. The first-order chi connectivity index (χ1) is 35.0. The number of fused-ring (bicyclic) bond motifs is 1. The van der Waals surface area contributed by atoms with E-state index in [1.54, 1.807) is 14.2 Å². The molecule has 14 heteroatoms. The molecule has 2 N–H and O–H groups in total. The number of amides is 2. The number of carbonyl (C=O) groups is 2. The zero-order valence-electron chi connectivity index (χ0n) is 45.0. The van der Waals surface area contributed by atoms with Crippen LogP contribution in [0.3, 0.4) is 0 Å². The largest absolute Gasteiger partial charge is 0.497 e. The number of piperazine rings is 1. The van der Waals surface area contributed by atoms with E-state index in [9.17, 15) is 9.59 Å². The number of aromatic nitrogens is 4. The first-order valence-corrected chi connectivity index (χ1v) is 26.1. The van der Waals surface area contributed by atoms with Gasteiger partial charge in [-0.25, -0.2) is 0 Å². The molecule has 4 aliphatic rings. The van der Waals surface area contributed by atoms with E-state index in [0.717, 1.165) is 147 Å². The summed E-state index contributed by atoms with van der Waals surface area (Å²) >= 11 is 0. The maximum atomic E-state index is 13.4. The molecule has 14 nitrogen and oxygen atoms in total. The Kier molecular flexibility index (Phi) is 15.3. The number of methoxy groups -OCH3 is 2. The van der Waals surface area contributed by atoms with Gasteiger partial charge < -0.3 is 34.8 Å². The van der Waals surface area contributed by atoms with Crippen molar-refractivity contribution < 1.29 is 21.9 Å². The van der Waals surface area contributed by atoms with Gasteiger partial charge in [-0.2, -0.15) is 10.2 Å². The first kappa shape index (κ1) is 51.3. The second kappa shape index (κ2) is 21.8. The Morgan fingerprint density at radius 3 is 1.48 bits per heavy atom. The Morgan fingerprint density at radius 1 is 0.616 bits per heavy atom. The number of anilines is 2. The molecule has 3 saturated heterocycles. The molecule has 0 bridgehead atoms. The second-order valence-electron chi connectivity index (χ2n) is 21.4. The van der Waals surface area contributed by atoms with Crippen LogP contribution in [0, 0.1) is 45.4 Å². The first-order valence-electron chi connectivity index (χ1n) is 26.1. The number of carbonyl (C=O) groups excluding carboxylic acids is 2. The summed E-state index contributed by atoms with van der Waals surface area (Å²) in [6.45, 7) is 22.0. The highest BCUT2D eigenvalue weighted by atomic mass is 16.5. The van der Waals surface area contributed by atoms with Gasteiger partial charge in [0.25, 0.3) is 11.8 Å². The quantitative estimate of drug-likeness (QED) is 0.109. The van der Waals surface area contributed by atoms with Crippen molar-refractivity contribution in [3.05, 3.63) is 130 Å². The minimum Gasteiger partial charge on any atom is -0.497 e. The van der Waals surface area contributed by atoms with E-state index in [1.807, 2.05) is 102 Å². The lowest BCUT2D eigenvalue weighted by Gasteiger charge is -2.36. The third-order valence-electron chi connectivity index (χ3n) is 15.6. The fraction of sp³-hybridized carbons (Fsp3) is 0.458. The standard InChI is InChI=1S/C30H39N5O2.C29H37N5O2.2H2/c1-20-6-9-26(35-12-10-34(11-13-35)18-23-7-8-23)17-28(20)30(36)31-21(2)24-14-25(16-27(15-24)37-5)29-19-33(4)32-22(29)3;1-18-7-8-25(34-15-23-13-32(4)14-24(23)16-34)12-27(18)29(35)30-19(2)21-9-22(11-26(10-21)36-6)28-17-33(5)31-20(28)3;;/h6,9,14-17,19,21,23H,7-8,10-13,18H2,1-5H3,(H,31,36);7-12,17,19,23-24H,13-16H2,1-6H3,(H,30,35);2*1H/t21-;19-,23?,24?;;/m11../s1. The molecule has 2 aromatic heterocycles. The fourth-order valence-corrected chi connectivity index (χ4v) is 11.2. The molecular weight excluding hydrogens is 913 g/mol. The van der Waals surface area contributed by atoms with E-state index < -0.39 is 0 Å². The molecule has 4 aromatic carbocycles. The molecule has 73 heavy (non-hydrogen) atoms. The van der Waals surface area contributed by atoms with Crippen molar-refractivity contribution in [3.8, 4) is 33.8 Å². The van der Waals surface area contributed by atoms with Gasteiger partial charge in [0, 0.05) is 122 Å². The zero-order chi connectivity index (χ0) is 51.7. The minimum atomic E-state index is -0.188. The van der Waals surface area contributed by atoms with Crippen LogP contribution in [0.15, 0.2) is 85.2 Å². The monoisotopic (exact) mass is 993 g/mol. The van der Waals surface area contributed by atoms with Gasteiger partial charge in [0.05, 0.1) is 37.7 Å². The highest BCUT2D eigenvalue weighted by Crippen LogP contribution is 2.36. The number of aryl methyl sites for hydroxylation is 6. The van der Waals surface area contributed by atoms with Gasteiger partial charge in [0.15, 0.2) is 0 Å². The van der Waals surface area contributed by atoms with Gasteiger partial charge in [0.2, 0.25) is 0 Å². The van der Waals surface area contributed by atoms with Gasteiger partial charge in [-0.15, -0.1) is 0 Å². The summed E-state index contributed by atoms with van der Waals surface area (Å²) in [6, 6.07) is 24.4. The Labute approximate surface area is 435 Å². The molecule has 0 radical (unpaired) electrons. The minimum absolute atomic E-state index is 0. The van der Waals surface area contributed by atoms with Crippen LogP contribution in [0.4, 0.5) is 11.4 Å². The van der Waals surface area contributed by atoms with Crippen molar-refractivity contribution >= 4 is 23.2 Å². The Hall–Kier alpha value is -6.64. The topological polar surface area (TPSA) is 125 Å². The lowest BCUT2D eigenvalue weighted by Crippen LogP contribution is -2.47. The lowest BCUT2D eigenvalue weighted by atomic mass is 9.99. The van der Waals surface area contributed by atoms with Crippen molar-refractivity contribution in [2.24, 2.45) is 31.8 Å². The average molecular weight is 993 g/mol. The van der Waals surface area contributed by atoms with Crippen LogP contribution in [0.5, 0.6) is 11.5 Å². The summed E-state index contributed by atoms with van der Waals surface area (Å²) in [5.41, 5.74) is 13.8. The van der Waals surface area contributed by atoms with Gasteiger partial charge in [-0.1, -0.05) is 12.1 Å². The smallest absolute Gasteiger partial charge is 0.252 e. The predicted molar refractivity (Wildman–Crippen MR) is 296 cm³/mol. The molecule has 2 unspecified atom stereocenters. The van der Waals surface area contributed by atoms with Crippen LogP contribution in [0.2, 0.25) is 0 Å². The number of nitrogens with zero attached hydrogens (tertiary/aromatic N) is 8. The summed E-state index contributed by atoms with van der Waals surface area (Å²) in [4.78, 5) is 36.8. The van der Waals surface area contributed by atoms with Crippen LogP contribution in [0.25, 0.3) is 22.3 Å². The van der Waals surface area contributed by atoms with Crippen molar-refractivity contribution in [2.45, 2.75) is 66.5 Å². The van der Waals surface area contributed by atoms with Crippen molar-refractivity contribution in [1.29, 1.82) is 0 Å². The number of ether oxygens (including phenoxy) is 2.